The number of ether oxygens (including phenoxy) is 1. The average molecular weight is 242 g/mol. The largest absolute Gasteiger partial charge is 0.385 e. The molecule has 1 N–H and O–H groups in total. The predicted octanol–water partition coefficient (Wildman–Crippen LogP) is 2.26. The minimum atomic E-state index is 0.650. The van der Waals surface area contributed by atoms with E-state index in [0.717, 1.165) is 13.0 Å². The molecule has 0 spiro atoms. The molecular weight excluding hydrogens is 212 g/mol. The normalized spacial score (nSPS) is 29.6. The molecule has 1 heterocycles. The Labute approximate surface area is 107 Å². The Balaban J connectivity index is 2.43. The lowest BCUT2D eigenvalue weighted by atomic mass is 10.0. The lowest BCUT2D eigenvalue weighted by Gasteiger charge is -2.35. The number of nitrogens with zero attached hydrogens (tertiary/aromatic N) is 1. The van der Waals surface area contributed by atoms with Gasteiger partial charge in [-0.15, -0.1) is 0 Å². The number of nitrogens with one attached hydrogen (secondary N) is 1. The summed E-state index contributed by atoms with van der Waals surface area (Å²) in [6.45, 7) is 10.2. The summed E-state index contributed by atoms with van der Waals surface area (Å²) in [6.07, 6.45) is 4.92. The molecule has 0 aliphatic carbocycles. The van der Waals surface area contributed by atoms with E-state index in [9.17, 15) is 0 Å². The van der Waals surface area contributed by atoms with Crippen LogP contribution >= 0.6 is 0 Å². The van der Waals surface area contributed by atoms with Crippen LogP contribution < -0.4 is 5.32 Å². The Morgan fingerprint density at radius 3 is 2.71 bits per heavy atom. The van der Waals surface area contributed by atoms with E-state index in [-0.39, 0.29) is 0 Å². The zero-order chi connectivity index (χ0) is 12.7. The van der Waals surface area contributed by atoms with Gasteiger partial charge in [-0.2, -0.15) is 0 Å². The molecule has 0 saturated carbocycles. The maximum atomic E-state index is 5.18. The second-order valence-electron chi connectivity index (χ2n) is 5.42. The van der Waals surface area contributed by atoms with Gasteiger partial charge in [-0.25, -0.2) is 0 Å². The van der Waals surface area contributed by atoms with Crippen molar-refractivity contribution in [2.24, 2.45) is 0 Å². The standard InChI is InChI=1S/C14H30N2O/c1-5-14-7-10-16(9-6-12(2)15-14)13(3)8-11-17-4/h12-15H,5-11H2,1-4H3. The maximum Gasteiger partial charge on any atom is 0.0477 e. The molecule has 3 nitrogen and oxygen atoms in total. The topological polar surface area (TPSA) is 24.5 Å². The molecule has 3 heteroatoms. The molecule has 0 aromatic heterocycles. The van der Waals surface area contributed by atoms with Crippen molar-refractivity contribution in [3.63, 3.8) is 0 Å². The number of rotatable bonds is 5. The van der Waals surface area contributed by atoms with Crippen molar-refractivity contribution in [2.75, 3.05) is 26.8 Å². The summed E-state index contributed by atoms with van der Waals surface area (Å²) >= 11 is 0. The molecule has 0 aromatic rings. The van der Waals surface area contributed by atoms with Gasteiger partial charge < -0.3 is 15.0 Å². The Kier molecular flexibility index (Phi) is 7.09. The first-order valence-electron chi connectivity index (χ1n) is 7.16. The van der Waals surface area contributed by atoms with E-state index in [1.807, 2.05) is 0 Å². The lowest BCUT2D eigenvalue weighted by Crippen LogP contribution is -2.46. The van der Waals surface area contributed by atoms with Gasteiger partial charge in [0.2, 0.25) is 0 Å². The molecular formula is C14H30N2O. The summed E-state index contributed by atoms with van der Waals surface area (Å²) < 4.78 is 5.18. The molecule has 17 heavy (non-hydrogen) atoms. The molecule has 1 fully saturated rings. The van der Waals surface area contributed by atoms with Crippen molar-refractivity contribution >= 4 is 0 Å². The van der Waals surface area contributed by atoms with E-state index in [0.29, 0.717) is 18.1 Å². The molecule has 0 radical (unpaired) electrons. The average Bonchev–Trinajstić information content (AvgIpc) is 2.31. The van der Waals surface area contributed by atoms with Gasteiger partial charge in [0.1, 0.15) is 0 Å². The summed E-state index contributed by atoms with van der Waals surface area (Å²) in [4.78, 5) is 2.64. The smallest absolute Gasteiger partial charge is 0.0477 e. The van der Waals surface area contributed by atoms with Gasteiger partial charge in [0, 0.05) is 31.8 Å². The molecule has 1 aliphatic rings. The fraction of sp³-hybridized carbons (Fsp3) is 1.00. The highest BCUT2D eigenvalue weighted by Gasteiger charge is 2.20. The van der Waals surface area contributed by atoms with Gasteiger partial charge in [0.05, 0.1) is 0 Å². The molecule has 0 aromatic carbocycles. The minimum absolute atomic E-state index is 0.650. The fourth-order valence-corrected chi connectivity index (χ4v) is 2.60. The van der Waals surface area contributed by atoms with E-state index >= 15 is 0 Å². The van der Waals surface area contributed by atoms with Crippen LogP contribution in [0.25, 0.3) is 0 Å². The maximum absolute atomic E-state index is 5.18. The van der Waals surface area contributed by atoms with E-state index in [1.54, 1.807) is 7.11 Å². The molecule has 0 amide bonds. The number of hydrogen-bond acceptors (Lipinski definition) is 3. The second kappa shape index (κ2) is 8.06. The van der Waals surface area contributed by atoms with Crippen LogP contribution in [0.15, 0.2) is 0 Å². The molecule has 1 aliphatic heterocycles. The number of hydrogen-bond donors (Lipinski definition) is 1. The van der Waals surface area contributed by atoms with Gasteiger partial charge in [-0.1, -0.05) is 6.92 Å². The van der Waals surface area contributed by atoms with Crippen LogP contribution in [0.2, 0.25) is 0 Å². The first kappa shape index (κ1) is 14.9. The molecule has 102 valence electrons. The van der Waals surface area contributed by atoms with Crippen LogP contribution in [0.4, 0.5) is 0 Å². The summed E-state index contributed by atoms with van der Waals surface area (Å²) in [5.74, 6) is 0. The Morgan fingerprint density at radius 2 is 2.06 bits per heavy atom. The Hall–Kier alpha value is -0.120. The van der Waals surface area contributed by atoms with E-state index in [1.165, 1.54) is 32.4 Å². The Bertz CT molecular complexity index is 199. The van der Waals surface area contributed by atoms with Crippen LogP contribution in [-0.4, -0.2) is 49.8 Å². The highest BCUT2D eigenvalue weighted by molar-refractivity contribution is 4.79. The van der Waals surface area contributed by atoms with Crippen molar-refractivity contribution in [1.29, 1.82) is 0 Å². The lowest BCUT2D eigenvalue weighted by molar-refractivity contribution is 0.122. The van der Waals surface area contributed by atoms with E-state index < -0.39 is 0 Å². The number of methoxy groups -OCH3 is 1. The summed E-state index contributed by atoms with van der Waals surface area (Å²) in [7, 11) is 1.79. The van der Waals surface area contributed by atoms with Gasteiger partial charge in [0.15, 0.2) is 0 Å². The molecule has 0 bridgehead atoms. The van der Waals surface area contributed by atoms with Crippen LogP contribution in [-0.2, 0) is 4.74 Å². The van der Waals surface area contributed by atoms with Gasteiger partial charge >= 0.3 is 0 Å². The second-order valence-corrected chi connectivity index (χ2v) is 5.42. The summed E-state index contributed by atoms with van der Waals surface area (Å²) in [6, 6.07) is 2.00. The Morgan fingerprint density at radius 1 is 1.35 bits per heavy atom. The molecule has 3 atom stereocenters. The zero-order valence-corrected chi connectivity index (χ0v) is 12.0. The first-order chi connectivity index (χ1) is 8.17. The SMILES string of the molecule is CCC1CCN(C(C)CCOC)CCC(C)N1. The summed E-state index contributed by atoms with van der Waals surface area (Å²) in [5.41, 5.74) is 0. The first-order valence-corrected chi connectivity index (χ1v) is 7.16. The van der Waals surface area contributed by atoms with Crippen molar-refractivity contribution in [3.8, 4) is 0 Å². The third kappa shape index (κ3) is 5.36. The summed E-state index contributed by atoms with van der Waals surface area (Å²) in [5, 5.41) is 3.72. The zero-order valence-electron chi connectivity index (χ0n) is 12.0. The van der Waals surface area contributed by atoms with Crippen molar-refractivity contribution < 1.29 is 4.74 Å². The van der Waals surface area contributed by atoms with Crippen molar-refractivity contribution in [1.82, 2.24) is 10.2 Å². The quantitative estimate of drug-likeness (QED) is 0.800. The van der Waals surface area contributed by atoms with Crippen LogP contribution in [0.5, 0.6) is 0 Å². The van der Waals surface area contributed by atoms with Gasteiger partial charge in [-0.05, 0) is 52.6 Å². The van der Waals surface area contributed by atoms with Gasteiger partial charge in [0.25, 0.3) is 0 Å². The fourth-order valence-electron chi connectivity index (χ4n) is 2.60. The van der Waals surface area contributed by atoms with Gasteiger partial charge in [-0.3, -0.25) is 0 Å². The monoisotopic (exact) mass is 242 g/mol. The highest BCUT2D eigenvalue weighted by atomic mass is 16.5. The van der Waals surface area contributed by atoms with Crippen LogP contribution in [0.3, 0.4) is 0 Å². The third-order valence-electron chi connectivity index (χ3n) is 3.99. The highest BCUT2D eigenvalue weighted by Crippen LogP contribution is 2.13. The molecule has 1 saturated heterocycles. The van der Waals surface area contributed by atoms with Crippen molar-refractivity contribution in [2.45, 2.75) is 64.6 Å². The minimum Gasteiger partial charge on any atom is -0.385 e. The van der Waals surface area contributed by atoms with Crippen LogP contribution in [0.1, 0.15) is 46.5 Å². The van der Waals surface area contributed by atoms with E-state index in [4.69, 9.17) is 4.74 Å². The van der Waals surface area contributed by atoms with Crippen LogP contribution in [0, 0.1) is 0 Å². The third-order valence-corrected chi connectivity index (χ3v) is 3.99. The molecule has 3 unspecified atom stereocenters. The van der Waals surface area contributed by atoms with Crippen molar-refractivity contribution in [3.05, 3.63) is 0 Å². The predicted molar refractivity (Wildman–Crippen MR) is 73.4 cm³/mol. The van der Waals surface area contributed by atoms with E-state index in [2.05, 4.69) is 31.0 Å². The molecule has 1 rings (SSSR count).